The number of carbonyl (C=O) groups is 1. The predicted octanol–water partition coefficient (Wildman–Crippen LogP) is 1.31. The fourth-order valence-corrected chi connectivity index (χ4v) is 1.50. The first-order valence-corrected chi connectivity index (χ1v) is 5.90. The van der Waals surface area contributed by atoms with Crippen molar-refractivity contribution in [1.82, 2.24) is 10.6 Å². The molecule has 1 rings (SSSR count). The molecule has 0 atom stereocenters. The summed E-state index contributed by atoms with van der Waals surface area (Å²) >= 11 is 0. The van der Waals surface area contributed by atoms with E-state index in [4.69, 9.17) is 4.74 Å². The monoisotopic (exact) mass is 236 g/mol. The van der Waals surface area contributed by atoms with Crippen LogP contribution in [0, 0.1) is 0 Å². The zero-order valence-electron chi connectivity index (χ0n) is 10.5. The second-order valence-corrected chi connectivity index (χ2v) is 3.64. The first-order chi connectivity index (χ1) is 8.27. The van der Waals surface area contributed by atoms with Crippen molar-refractivity contribution in [1.29, 1.82) is 0 Å². The Bertz CT molecular complexity index is 353. The zero-order valence-corrected chi connectivity index (χ0v) is 10.5. The number of amides is 1. The molecule has 1 aromatic carbocycles. The molecular formula is C13H20N2O2. The number of carbonyl (C=O) groups excluding carboxylic acids is 1. The van der Waals surface area contributed by atoms with Gasteiger partial charge in [0.15, 0.2) is 0 Å². The van der Waals surface area contributed by atoms with Crippen LogP contribution in [0.1, 0.15) is 18.9 Å². The molecule has 0 heterocycles. The Morgan fingerprint density at radius 1 is 1.35 bits per heavy atom. The van der Waals surface area contributed by atoms with Crippen molar-refractivity contribution in [3.8, 4) is 5.75 Å². The minimum atomic E-state index is 0.0515. The van der Waals surface area contributed by atoms with Crippen molar-refractivity contribution in [2.75, 3.05) is 20.2 Å². The molecule has 94 valence electrons. The van der Waals surface area contributed by atoms with Crippen molar-refractivity contribution in [3.05, 3.63) is 29.8 Å². The maximum absolute atomic E-state index is 11.0. The molecule has 17 heavy (non-hydrogen) atoms. The van der Waals surface area contributed by atoms with E-state index in [0.717, 1.165) is 11.3 Å². The molecule has 2 N–H and O–H groups in total. The second-order valence-electron chi connectivity index (χ2n) is 3.64. The van der Waals surface area contributed by atoms with Gasteiger partial charge in [-0.05, 0) is 13.0 Å². The van der Waals surface area contributed by atoms with Gasteiger partial charge in [0.25, 0.3) is 0 Å². The van der Waals surface area contributed by atoms with E-state index in [2.05, 4.69) is 10.6 Å². The van der Waals surface area contributed by atoms with Gasteiger partial charge < -0.3 is 15.4 Å². The van der Waals surface area contributed by atoms with Gasteiger partial charge in [0.2, 0.25) is 5.91 Å². The quantitative estimate of drug-likeness (QED) is 0.702. The maximum atomic E-state index is 11.0. The third kappa shape index (κ3) is 4.87. The lowest BCUT2D eigenvalue weighted by molar-refractivity contribution is -0.120. The largest absolute Gasteiger partial charge is 0.494 e. The minimum Gasteiger partial charge on any atom is -0.494 e. The molecule has 0 unspecified atom stereocenters. The summed E-state index contributed by atoms with van der Waals surface area (Å²) in [4.78, 5) is 11.0. The fraction of sp³-hybridized carbons (Fsp3) is 0.462. The third-order valence-electron chi connectivity index (χ3n) is 2.40. The van der Waals surface area contributed by atoms with E-state index in [1.54, 1.807) is 7.05 Å². The van der Waals surface area contributed by atoms with Crippen LogP contribution in [-0.2, 0) is 11.3 Å². The van der Waals surface area contributed by atoms with Gasteiger partial charge in [-0.3, -0.25) is 4.79 Å². The van der Waals surface area contributed by atoms with Crippen LogP contribution in [0.2, 0.25) is 0 Å². The van der Waals surface area contributed by atoms with Crippen molar-refractivity contribution in [2.24, 2.45) is 0 Å². The number of benzene rings is 1. The van der Waals surface area contributed by atoms with Crippen LogP contribution in [0.3, 0.4) is 0 Å². The zero-order chi connectivity index (χ0) is 12.5. The first kappa shape index (κ1) is 13.5. The highest BCUT2D eigenvalue weighted by atomic mass is 16.5. The smallest absolute Gasteiger partial charge is 0.221 e. The van der Waals surface area contributed by atoms with E-state index in [9.17, 15) is 4.79 Å². The van der Waals surface area contributed by atoms with Crippen LogP contribution in [0.25, 0.3) is 0 Å². The molecule has 1 aromatic rings. The first-order valence-electron chi connectivity index (χ1n) is 5.90. The molecule has 4 nitrogen and oxygen atoms in total. The van der Waals surface area contributed by atoms with Gasteiger partial charge in [-0.2, -0.15) is 0 Å². The summed E-state index contributed by atoms with van der Waals surface area (Å²) in [5.74, 6) is 0.957. The maximum Gasteiger partial charge on any atom is 0.221 e. The molecule has 0 radical (unpaired) electrons. The second kappa shape index (κ2) is 7.68. The molecule has 0 aliphatic carbocycles. The normalized spacial score (nSPS) is 10.0. The average molecular weight is 236 g/mol. The van der Waals surface area contributed by atoms with E-state index in [1.165, 1.54) is 0 Å². The number of para-hydroxylation sites is 1. The number of ether oxygens (including phenoxy) is 1. The Balaban J connectivity index is 2.38. The van der Waals surface area contributed by atoms with Gasteiger partial charge in [0.1, 0.15) is 5.75 Å². The molecule has 0 saturated carbocycles. The summed E-state index contributed by atoms with van der Waals surface area (Å²) in [5, 5.41) is 5.82. The fourth-order valence-electron chi connectivity index (χ4n) is 1.50. The van der Waals surface area contributed by atoms with E-state index in [0.29, 0.717) is 26.1 Å². The molecule has 1 amide bonds. The van der Waals surface area contributed by atoms with Crippen LogP contribution < -0.4 is 15.4 Å². The van der Waals surface area contributed by atoms with E-state index in [-0.39, 0.29) is 5.91 Å². The molecule has 0 aromatic heterocycles. The van der Waals surface area contributed by atoms with Crippen molar-refractivity contribution >= 4 is 5.91 Å². The highest BCUT2D eigenvalue weighted by molar-refractivity contribution is 5.75. The molecule has 0 saturated heterocycles. The summed E-state index contributed by atoms with van der Waals surface area (Å²) in [6, 6.07) is 7.93. The highest BCUT2D eigenvalue weighted by Gasteiger charge is 2.02. The molecule has 4 heteroatoms. The van der Waals surface area contributed by atoms with Crippen molar-refractivity contribution < 1.29 is 9.53 Å². The van der Waals surface area contributed by atoms with Crippen molar-refractivity contribution in [2.45, 2.75) is 19.9 Å². The molecule has 0 aliphatic rings. The Hall–Kier alpha value is -1.55. The lowest BCUT2D eigenvalue weighted by atomic mass is 10.2. The molecule has 0 aliphatic heterocycles. The van der Waals surface area contributed by atoms with Gasteiger partial charge in [0, 0.05) is 32.1 Å². The van der Waals surface area contributed by atoms with Gasteiger partial charge in [-0.25, -0.2) is 0 Å². The predicted molar refractivity (Wildman–Crippen MR) is 68.0 cm³/mol. The van der Waals surface area contributed by atoms with Gasteiger partial charge in [-0.1, -0.05) is 18.2 Å². The number of nitrogens with one attached hydrogen (secondary N) is 2. The summed E-state index contributed by atoms with van der Waals surface area (Å²) in [6.07, 6.45) is 0.493. The summed E-state index contributed by atoms with van der Waals surface area (Å²) in [6.45, 7) is 4.01. The van der Waals surface area contributed by atoms with Crippen LogP contribution in [0.15, 0.2) is 24.3 Å². The topological polar surface area (TPSA) is 50.4 Å². The van der Waals surface area contributed by atoms with Gasteiger partial charge in [-0.15, -0.1) is 0 Å². The van der Waals surface area contributed by atoms with Gasteiger partial charge >= 0.3 is 0 Å². The van der Waals surface area contributed by atoms with Crippen LogP contribution in [-0.4, -0.2) is 26.1 Å². The Kier molecular flexibility index (Phi) is 6.10. The van der Waals surface area contributed by atoms with E-state index >= 15 is 0 Å². The Morgan fingerprint density at radius 3 is 2.82 bits per heavy atom. The molecule has 0 fully saturated rings. The molecule has 0 bridgehead atoms. The highest BCUT2D eigenvalue weighted by Crippen LogP contribution is 2.17. The average Bonchev–Trinajstić information content (AvgIpc) is 2.36. The Morgan fingerprint density at radius 2 is 2.12 bits per heavy atom. The SMILES string of the molecule is CCOc1ccccc1CNCCC(=O)NC. The standard InChI is InChI=1S/C13H20N2O2/c1-3-17-12-7-5-4-6-11(12)10-15-9-8-13(16)14-2/h4-7,15H,3,8-10H2,1-2H3,(H,14,16). The summed E-state index contributed by atoms with van der Waals surface area (Å²) < 4.78 is 5.52. The number of rotatable bonds is 7. The third-order valence-corrected chi connectivity index (χ3v) is 2.40. The summed E-state index contributed by atoms with van der Waals surface area (Å²) in [7, 11) is 1.65. The molecular weight excluding hydrogens is 216 g/mol. The van der Waals surface area contributed by atoms with Crippen molar-refractivity contribution in [3.63, 3.8) is 0 Å². The summed E-state index contributed by atoms with van der Waals surface area (Å²) in [5.41, 5.74) is 1.12. The van der Waals surface area contributed by atoms with Crippen LogP contribution >= 0.6 is 0 Å². The molecule has 0 spiro atoms. The minimum absolute atomic E-state index is 0.0515. The lowest BCUT2D eigenvalue weighted by Crippen LogP contribution is -2.24. The van der Waals surface area contributed by atoms with Crippen LogP contribution in [0.5, 0.6) is 5.75 Å². The van der Waals surface area contributed by atoms with E-state index in [1.807, 2.05) is 31.2 Å². The van der Waals surface area contributed by atoms with Crippen LogP contribution in [0.4, 0.5) is 0 Å². The van der Waals surface area contributed by atoms with Gasteiger partial charge in [0.05, 0.1) is 6.61 Å². The lowest BCUT2D eigenvalue weighted by Gasteiger charge is -2.10. The van der Waals surface area contributed by atoms with E-state index < -0.39 is 0 Å². The Labute approximate surface area is 102 Å². The number of hydrogen-bond donors (Lipinski definition) is 2. The number of hydrogen-bond acceptors (Lipinski definition) is 3.